The predicted octanol–water partition coefficient (Wildman–Crippen LogP) is 1.64. The zero-order valence-corrected chi connectivity index (χ0v) is 14.3. The Labute approximate surface area is 142 Å². The summed E-state index contributed by atoms with van der Waals surface area (Å²) in [4.78, 5) is 13.7. The molecule has 0 spiro atoms. The number of aromatic carboxylic acids is 1. The van der Waals surface area contributed by atoms with Gasteiger partial charge in [0, 0.05) is 31.3 Å². The van der Waals surface area contributed by atoms with Gasteiger partial charge in [-0.05, 0) is 12.8 Å². The Morgan fingerprint density at radius 2 is 2.12 bits per heavy atom. The first kappa shape index (κ1) is 18.4. The van der Waals surface area contributed by atoms with E-state index in [2.05, 4.69) is 4.90 Å². The summed E-state index contributed by atoms with van der Waals surface area (Å²) < 4.78 is 16.5. The summed E-state index contributed by atoms with van der Waals surface area (Å²) in [6.07, 6.45) is 1.44. The van der Waals surface area contributed by atoms with Crippen molar-refractivity contribution in [2.45, 2.75) is 19.8 Å². The Morgan fingerprint density at radius 3 is 2.71 bits per heavy atom. The summed E-state index contributed by atoms with van der Waals surface area (Å²) in [6, 6.07) is 1.42. The van der Waals surface area contributed by atoms with Crippen LogP contribution in [-0.4, -0.2) is 62.5 Å². The maximum Gasteiger partial charge on any atom is 0.337 e. The van der Waals surface area contributed by atoms with Crippen LogP contribution >= 0.6 is 0 Å². The molecule has 0 atom stereocenters. The highest BCUT2D eigenvalue weighted by Crippen LogP contribution is 2.38. The van der Waals surface area contributed by atoms with Crippen LogP contribution in [0.25, 0.3) is 0 Å². The number of nitrogens with zero attached hydrogens (tertiary/aromatic N) is 1. The van der Waals surface area contributed by atoms with E-state index >= 15 is 0 Å². The van der Waals surface area contributed by atoms with Crippen molar-refractivity contribution >= 4 is 11.7 Å². The molecular weight excluding hydrogens is 312 g/mol. The minimum atomic E-state index is -1.07. The molecule has 1 fully saturated rings. The molecule has 0 amide bonds. The second-order valence-corrected chi connectivity index (χ2v) is 5.66. The van der Waals surface area contributed by atoms with Crippen molar-refractivity contribution in [1.82, 2.24) is 4.90 Å². The number of carbonyl (C=O) groups is 1. The molecule has 7 nitrogen and oxygen atoms in total. The van der Waals surface area contributed by atoms with E-state index in [1.54, 1.807) is 0 Å². The number of hydrogen-bond donors (Lipinski definition) is 2. The molecule has 7 heteroatoms. The second-order valence-electron chi connectivity index (χ2n) is 5.66. The van der Waals surface area contributed by atoms with Gasteiger partial charge in [0.2, 0.25) is 0 Å². The zero-order chi connectivity index (χ0) is 17.5. The molecule has 1 aliphatic rings. The highest BCUT2D eigenvalue weighted by Gasteiger charge is 2.21. The molecule has 0 aliphatic carbocycles. The predicted molar refractivity (Wildman–Crippen MR) is 91.1 cm³/mol. The van der Waals surface area contributed by atoms with Crippen molar-refractivity contribution in [2.24, 2.45) is 0 Å². The van der Waals surface area contributed by atoms with Crippen LogP contribution in [0.4, 0.5) is 5.69 Å². The third kappa shape index (κ3) is 4.30. The fraction of sp³-hybridized carbons (Fsp3) is 0.588. The van der Waals surface area contributed by atoms with Crippen molar-refractivity contribution in [2.75, 3.05) is 52.3 Å². The van der Waals surface area contributed by atoms with Gasteiger partial charge in [-0.1, -0.05) is 6.92 Å². The Hall–Kier alpha value is -1.99. The number of nitrogens with two attached hydrogens (primary N) is 1. The normalized spacial score (nSPS) is 15.2. The van der Waals surface area contributed by atoms with E-state index in [1.165, 1.54) is 13.2 Å². The number of anilines is 1. The van der Waals surface area contributed by atoms with E-state index in [0.29, 0.717) is 30.1 Å². The number of carboxylic acids is 1. The molecule has 3 N–H and O–H groups in total. The topological polar surface area (TPSA) is 94.3 Å². The van der Waals surface area contributed by atoms with Gasteiger partial charge >= 0.3 is 5.97 Å². The zero-order valence-electron chi connectivity index (χ0n) is 14.3. The molecule has 0 saturated carbocycles. The smallest absolute Gasteiger partial charge is 0.337 e. The number of ether oxygens (including phenoxy) is 3. The van der Waals surface area contributed by atoms with Gasteiger partial charge in [0.1, 0.15) is 0 Å². The number of methoxy groups -OCH3 is 1. The number of rotatable bonds is 8. The van der Waals surface area contributed by atoms with Crippen molar-refractivity contribution in [3.8, 4) is 11.5 Å². The van der Waals surface area contributed by atoms with Crippen LogP contribution in [0.15, 0.2) is 6.07 Å². The Morgan fingerprint density at radius 1 is 1.42 bits per heavy atom. The molecule has 24 heavy (non-hydrogen) atoms. The summed E-state index contributed by atoms with van der Waals surface area (Å²) in [6.45, 7) is 6.83. The monoisotopic (exact) mass is 338 g/mol. The molecule has 0 aromatic heterocycles. The number of benzene rings is 1. The fourth-order valence-corrected chi connectivity index (χ4v) is 2.83. The first-order chi connectivity index (χ1) is 11.6. The lowest BCUT2D eigenvalue weighted by Crippen LogP contribution is -2.37. The molecule has 134 valence electrons. The van der Waals surface area contributed by atoms with Crippen LogP contribution in [-0.2, 0) is 11.2 Å². The van der Waals surface area contributed by atoms with Crippen LogP contribution in [0, 0.1) is 0 Å². The van der Waals surface area contributed by atoms with Crippen LogP contribution in [0.3, 0.4) is 0 Å². The van der Waals surface area contributed by atoms with E-state index < -0.39 is 5.97 Å². The van der Waals surface area contributed by atoms with Crippen LogP contribution in [0.5, 0.6) is 11.5 Å². The SMILES string of the molecule is CCc1c(N)c(C(=O)O)cc(OC)c1OCCCN1CCOCC1. The molecule has 1 aliphatic heterocycles. The second kappa shape index (κ2) is 8.75. The maximum absolute atomic E-state index is 11.3. The number of carboxylic acid groups (broad SMARTS) is 1. The minimum absolute atomic E-state index is 0.0457. The minimum Gasteiger partial charge on any atom is -0.493 e. The van der Waals surface area contributed by atoms with Crippen molar-refractivity contribution in [3.05, 3.63) is 17.2 Å². The largest absolute Gasteiger partial charge is 0.493 e. The Kier molecular flexibility index (Phi) is 6.69. The average molecular weight is 338 g/mol. The summed E-state index contributed by atoms with van der Waals surface area (Å²) >= 11 is 0. The molecule has 1 saturated heterocycles. The third-order valence-corrected chi connectivity index (χ3v) is 4.16. The molecular formula is C17H26N2O5. The van der Waals surface area contributed by atoms with Gasteiger partial charge in [0.05, 0.1) is 38.2 Å². The van der Waals surface area contributed by atoms with Crippen molar-refractivity contribution in [3.63, 3.8) is 0 Å². The number of hydrogen-bond acceptors (Lipinski definition) is 6. The molecule has 0 unspecified atom stereocenters. The summed E-state index contributed by atoms with van der Waals surface area (Å²) in [5.41, 5.74) is 6.97. The van der Waals surface area contributed by atoms with Gasteiger partial charge in [0.15, 0.2) is 11.5 Å². The summed E-state index contributed by atoms with van der Waals surface area (Å²) in [7, 11) is 1.50. The van der Waals surface area contributed by atoms with Gasteiger partial charge in [0.25, 0.3) is 0 Å². The van der Waals surface area contributed by atoms with E-state index in [4.69, 9.17) is 19.9 Å². The van der Waals surface area contributed by atoms with Crippen LogP contribution in [0.1, 0.15) is 29.3 Å². The summed E-state index contributed by atoms with van der Waals surface area (Å²) in [5.74, 6) is -0.117. The molecule has 2 rings (SSSR count). The Balaban J connectivity index is 2.05. The highest BCUT2D eigenvalue weighted by molar-refractivity contribution is 5.96. The molecule has 0 bridgehead atoms. The van der Waals surface area contributed by atoms with E-state index in [1.807, 2.05) is 6.92 Å². The standard InChI is InChI=1S/C17H26N2O5/c1-3-12-15(18)13(17(20)21)11-14(22-2)16(12)24-8-4-5-19-6-9-23-10-7-19/h11H,3-10,18H2,1-2H3,(H,20,21). The fourth-order valence-electron chi connectivity index (χ4n) is 2.83. The lowest BCUT2D eigenvalue weighted by Gasteiger charge is -2.26. The van der Waals surface area contributed by atoms with E-state index in [-0.39, 0.29) is 11.3 Å². The average Bonchev–Trinajstić information content (AvgIpc) is 2.59. The van der Waals surface area contributed by atoms with Gasteiger partial charge in [-0.3, -0.25) is 4.90 Å². The highest BCUT2D eigenvalue weighted by atomic mass is 16.5. The van der Waals surface area contributed by atoms with Crippen LogP contribution < -0.4 is 15.2 Å². The van der Waals surface area contributed by atoms with Gasteiger partial charge in [-0.25, -0.2) is 4.79 Å². The maximum atomic E-state index is 11.3. The molecule has 0 radical (unpaired) electrons. The first-order valence-electron chi connectivity index (χ1n) is 8.24. The van der Waals surface area contributed by atoms with E-state index in [0.717, 1.165) is 39.3 Å². The van der Waals surface area contributed by atoms with Gasteiger partial charge in [-0.2, -0.15) is 0 Å². The van der Waals surface area contributed by atoms with Crippen LogP contribution in [0.2, 0.25) is 0 Å². The van der Waals surface area contributed by atoms with Gasteiger partial charge in [-0.15, -0.1) is 0 Å². The third-order valence-electron chi connectivity index (χ3n) is 4.16. The lowest BCUT2D eigenvalue weighted by atomic mass is 10.0. The molecule has 1 heterocycles. The van der Waals surface area contributed by atoms with E-state index in [9.17, 15) is 9.90 Å². The number of nitrogen functional groups attached to an aromatic ring is 1. The Bertz CT molecular complexity index is 571. The quantitative estimate of drug-likeness (QED) is 0.549. The first-order valence-corrected chi connectivity index (χ1v) is 8.24. The molecule has 1 aromatic rings. The summed E-state index contributed by atoms with van der Waals surface area (Å²) in [5, 5.41) is 9.26. The van der Waals surface area contributed by atoms with Gasteiger partial charge < -0.3 is 25.1 Å². The van der Waals surface area contributed by atoms with Crippen molar-refractivity contribution < 1.29 is 24.1 Å². The number of morpholine rings is 1. The molecule has 1 aromatic carbocycles. The lowest BCUT2D eigenvalue weighted by molar-refractivity contribution is 0.0357. The van der Waals surface area contributed by atoms with Crippen molar-refractivity contribution in [1.29, 1.82) is 0 Å².